The van der Waals surface area contributed by atoms with Crippen molar-refractivity contribution in [2.24, 2.45) is 10.7 Å². The van der Waals surface area contributed by atoms with Gasteiger partial charge in [0.2, 0.25) is 0 Å². The summed E-state index contributed by atoms with van der Waals surface area (Å²) in [5.74, 6) is -2.60. The van der Waals surface area contributed by atoms with Gasteiger partial charge < -0.3 is 25.1 Å². The van der Waals surface area contributed by atoms with Crippen LogP contribution >= 0.6 is 7.75 Å². The van der Waals surface area contributed by atoms with Crippen LogP contribution in [0, 0.1) is 5.92 Å². The van der Waals surface area contributed by atoms with Crippen LogP contribution in [-0.4, -0.2) is 36.6 Å². The SMILES string of the molecule is O=C(CCCc1ccc(O)cc1)C1C(O)=CC(O)=C/C1=N\P(=O)(O)O. The van der Waals surface area contributed by atoms with Crippen molar-refractivity contribution in [3.05, 3.63) is 53.5 Å². The second-order valence-electron chi connectivity index (χ2n) is 5.60. The van der Waals surface area contributed by atoms with Gasteiger partial charge in [-0.2, -0.15) is 4.76 Å². The summed E-state index contributed by atoms with van der Waals surface area (Å²) in [4.78, 5) is 30.3. The Kier molecular flexibility index (Phi) is 5.79. The molecule has 0 radical (unpaired) electrons. The van der Waals surface area contributed by atoms with Crippen LogP contribution in [-0.2, 0) is 15.8 Å². The zero-order chi connectivity index (χ0) is 18.6. The van der Waals surface area contributed by atoms with E-state index in [1.165, 1.54) is 12.1 Å². The van der Waals surface area contributed by atoms with Gasteiger partial charge in [-0.05, 0) is 30.5 Å². The fraction of sp³-hybridized carbons (Fsp3) is 0.250. The molecule has 0 saturated carbocycles. The quantitative estimate of drug-likeness (QED) is 0.485. The minimum Gasteiger partial charge on any atom is -0.511 e. The van der Waals surface area contributed by atoms with Gasteiger partial charge in [0.1, 0.15) is 29.0 Å². The number of phenols is 1. The Bertz CT molecular complexity index is 789. The third kappa shape index (κ3) is 5.56. The first-order chi connectivity index (χ1) is 11.7. The fourth-order valence-electron chi connectivity index (χ4n) is 2.50. The molecule has 9 heteroatoms. The molecule has 1 aromatic rings. The molecule has 0 bridgehead atoms. The maximum atomic E-state index is 12.4. The highest BCUT2D eigenvalue weighted by Gasteiger charge is 2.32. The van der Waals surface area contributed by atoms with Crippen molar-refractivity contribution >= 4 is 19.2 Å². The monoisotopic (exact) mass is 367 g/mol. The summed E-state index contributed by atoms with van der Waals surface area (Å²) in [6.07, 6.45) is 2.92. The Balaban J connectivity index is 2.07. The number of hydrogen-bond donors (Lipinski definition) is 5. The standard InChI is InChI=1S/C16H18NO7P/c18-11-6-4-10(5-7-11)2-1-3-14(20)16-13(17-25(22,23)24)8-12(19)9-15(16)21/h4-9,16,18-19,21H,1-3H2,(H2,22,23,24)/b17-13+. The number of aliphatic hydroxyl groups excluding tert-OH is 2. The molecule has 1 atom stereocenters. The molecule has 0 saturated heterocycles. The number of nitrogens with zero attached hydrogens (tertiary/aromatic N) is 1. The Morgan fingerprint density at radius 1 is 1.08 bits per heavy atom. The number of aryl methyl sites for hydroxylation is 1. The van der Waals surface area contributed by atoms with Crippen LogP contribution in [0.2, 0.25) is 0 Å². The van der Waals surface area contributed by atoms with E-state index >= 15 is 0 Å². The van der Waals surface area contributed by atoms with Crippen molar-refractivity contribution in [2.75, 3.05) is 0 Å². The molecule has 1 aliphatic rings. The zero-order valence-electron chi connectivity index (χ0n) is 13.1. The first kappa shape index (κ1) is 18.9. The van der Waals surface area contributed by atoms with E-state index in [0.29, 0.717) is 12.8 Å². The highest BCUT2D eigenvalue weighted by molar-refractivity contribution is 7.50. The summed E-state index contributed by atoms with van der Waals surface area (Å²) in [7, 11) is -4.82. The second kappa shape index (κ2) is 7.65. The van der Waals surface area contributed by atoms with Crippen LogP contribution in [0.1, 0.15) is 18.4 Å². The first-order valence-corrected chi connectivity index (χ1v) is 9.00. The minimum absolute atomic E-state index is 0.0399. The number of carbonyl (C=O) groups excluding carboxylic acids is 1. The van der Waals surface area contributed by atoms with Crippen molar-refractivity contribution in [1.29, 1.82) is 0 Å². The van der Waals surface area contributed by atoms with Crippen LogP contribution in [0.15, 0.2) is 52.7 Å². The molecule has 134 valence electrons. The summed E-state index contributed by atoms with van der Waals surface area (Å²) in [5, 5.41) is 28.6. The molecule has 1 unspecified atom stereocenters. The fourth-order valence-corrected chi connectivity index (χ4v) is 2.98. The number of ketones is 1. The molecule has 0 amide bonds. The third-order valence-corrected chi connectivity index (χ3v) is 4.07. The lowest BCUT2D eigenvalue weighted by molar-refractivity contribution is -0.120. The number of hydrogen-bond acceptors (Lipinski definition) is 5. The highest BCUT2D eigenvalue weighted by atomic mass is 31.2. The van der Waals surface area contributed by atoms with Gasteiger partial charge in [0, 0.05) is 18.6 Å². The molecule has 0 aliphatic heterocycles. The number of aliphatic hydroxyl groups is 2. The molecule has 0 aromatic heterocycles. The van der Waals surface area contributed by atoms with E-state index in [0.717, 1.165) is 17.7 Å². The number of benzene rings is 1. The molecule has 8 nitrogen and oxygen atoms in total. The van der Waals surface area contributed by atoms with Gasteiger partial charge in [-0.3, -0.25) is 4.79 Å². The van der Waals surface area contributed by atoms with E-state index in [-0.39, 0.29) is 17.9 Å². The Morgan fingerprint density at radius 3 is 2.32 bits per heavy atom. The van der Waals surface area contributed by atoms with Crippen molar-refractivity contribution in [1.82, 2.24) is 0 Å². The maximum absolute atomic E-state index is 12.4. The lowest BCUT2D eigenvalue weighted by atomic mass is 9.89. The highest BCUT2D eigenvalue weighted by Crippen LogP contribution is 2.38. The number of rotatable bonds is 6. The topological polar surface area (TPSA) is 148 Å². The number of carbonyl (C=O) groups is 1. The van der Waals surface area contributed by atoms with Crippen molar-refractivity contribution in [2.45, 2.75) is 19.3 Å². The molecule has 25 heavy (non-hydrogen) atoms. The van der Waals surface area contributed by atoms with Gasteiger partial charge in [-0.25, -0.2) is 4.57 Å². The largest absolute Gasteiger partial charge is 0.511 e. The van der Waals surface area contributed by atoms with Crippen molar-refractivity contribution < 1.29 is 34.5 Å². The molecule has 0 spiro atoms. The van der Waals surface area contributed by atoms with Crippen LogP contribution in [0.4, 0.5) is 0 Å². The van der Waals surface area contributed by atoms with E-state index in [4.69, 9.17) is 9.79 Å². The minimum atomic E-state index is -4.82. The van der Waals surface area contributed by atoms with Crippen LogP contribution in [0.3, 0.4) is 0 Å². The first-order valence-electron chi connectivity index (χ1n) is 7.43. The lowest BCUT2D eigenvalue weighted by Gasteiger charge is -2.19. The summed E-state index contributed by atoms with van der Waals surface area (Å²) < 4.78 is 14.2. The molecule has 0 fully saturated rings. The Hall–Kier alpha value is -2.41. The molecule has 1 aliphatic carbocycles. The normalized spacial score (nSPS) is 19.4. The zero-order valence-corrected chi connectivity index (χ0v) is 14.0. The second-order valence-corrected chi connectivity index (χ2v) is 6.82. The average Bonchev–Trinajstić information content (AvgIpc) is 2.46. The Morgan fingerprint density at radius 2 is 1.72 bits per heavy atom. The van der Waals surface area contributed by atoms with Crippen molar-refractivity contribution in [3.8, 4) is 5.75 Å². The third-order valence-electron chi connectivity index (χ3n) is 3.58. The van der Waals surface area contributed by atoms with Crippen LogP contribution in [0.25, 0.3) is 0 Å². The van der Waals surface area contributed by atoms with Crippen LogP contribution < -0.4 is 0 Å². The molecule has 5 N–H and O–H groups in total. The predicted molar refractivity (Wildman–Crippen MR) is 90.4 cm³/mol. The predicted octanol–water partition coefficient (Wildman–Crippen LogP) is 2.33. The van der Waals surface area contributed by atoms with Gasteiger partial charge in [0.25, 0.3) is 0 Å². The van der Waals surface area contributed by atoms with Gasteiger partial charge in [-0.1, -0.05) is 12.1 Å². The Labute approximate surface area is 143 Å². The number of Topliss-reactive ketones (excluding diaryl/α,β-unsaturated/α-hetero) is 1. The van der Waals surface area contributed by atoms with E-state index in [2.05, 4.69) is 4.76 Å². The van der Waals surface area contributed by atoms with Crippen LogP contribution in [0.5, 0.6) is 5.75 Å². The lowest BCUT2D eigenvalue weighted by Crippen LogP contribution is -2.27. The summed E-state index contributed by atoms with van der Waals surface area (Å²) in [6, 6.07) is 6.51. The van der Waals surface area contributed by atoms with Gasteiger partial charge in [0.05, 0.1) is 5.71 Å². The van der Waals surface area contributed by atoms with E-state index < -0.39 is 31.0 Å². The number of aromatic hydroxyl groups is 1. The number of allylic oxidation sites excluding steroid dienone is 3. The summed E-state index contributed by atoms with van der Waals surface area (Å²) in [6.45, 7) is 0. The van der Waals surface area contributed by atoms with Gasteiger partial charge >= 0.3 is 7.75 Å². The summed E-state index contributed by atoms with van der Waals surface area (Å²) in [5.41, 5.74) is 0.538. The van der Waals surface area contributed by atoms with E-state index in [1.54, 1.807) is 12.1 Å². The molecule has 0 heterocycles. The van der Waals surface area contributed by atoms with Gasteiger partial charge in [0.15, 0.2) is 0 Å². The molecular weight excluding hydrogens is 349 g/mol. The van der Waals surface area contributed by atoms with E-state index in [9.17, 15) is 24.7 Å². The van der Waals surface area contributed by atoms with Crippen molar-refractivity contribution in [3.63, 3.8) is 0 Å². The van der Waals surface area contributed by atoms with Gasteiger partial charge in [-0.15, -0.1) is 0 Å². The smallest absolute Gasteiger partial charge is 0.448 e. The molecule has 2 rings (SSSR count). The molecule has 1 aromatic carbocycles. The summed E-state index contributed by atoms with van der Waals surface area (Å²) >= 11 is 0. The maximum Gasteiger partial charge on any atom is 0.448 e. The average molecular weight is 367 g/mol. The van der Waals surface area contributed by atoms with E-state index in [1.807, 2.05) is 0 Å². The molecular formula is C16H18NO7P. The number of phenolic OH excluding ortho intramolecular Hbond substituents is 1.